The summed E-state index contributed by atoms with van der Waals surface area (Å²) in [7, 11) is 0. The van der Waals surface area contributed by atoms with E-state index in [1.807, 2.05) is 0 Å². The number of H-pyrrole nitrogens is 1. The number of nitrogens with zero attached hydrogens (tertiary/aromatic N) is 3. The third kappa shape index (κ3) is 6.68. The van der Waals surface area contributed by atoms with Gasteiger partial charge in [-0.05, 0) is 30.7 Å². The Labute approximate surface area is 189 Å². The highest BCUT2D eigenvalue weighted by atomic mass is 31.0. The van der Waals surface area contributed by atoms with Crippen molar-refractivity contribution >= 4 is 50.5 Å². The highest BCUT2D eigenvalue weighted by Crippen LogP contribution is 2.12. The number of nitrogen functional groups attached to an aromatic ring is 1. The number of nitrogens with one attached hydrogen (secondary N) is 3. The molecular formula is C19H22N7O6P. The molecule has 1 unspecified atom stereocenters. The molecule has 7 N–H and O–H groups in total. The first-order chi connectivity index (χ1) is 15.2. The predicted octanol–water partition coefficient (Wildman–Crippen LogP) is 0.0133. The molecule has 0 saturated heterocycles. The number of hydrogen-bond donors (Lipinski definition) is 6. The normalized spacial score (nSPS) is 11.3. The van der Waals surface area contributed by atoms with E-state index in [9.17, 15) is 19.2 Å². The van der Waals surface area contributed by atoms with Crippen molar-refractivity contribution in [3.8, 4) is 0 Å². The number of hydrogen-bond acceptors (Lipinski definition) is 9. The summed E-state index contributed by atoms with van der Waals surface area (Å²) in [5.41, 5.74) is 6.47. The molecule has 0 bridgehead atoms. The van der Waals surface area contributed by atoms with Gasteiger partial charge in [0, 0.05) is 17.7 Å². The number of carboxylic acids is 2. The molecule has 2 aromatic heterocycles. The number of benzene rings is 1. The Kier molecular flexibility index (Phi) is 8.35. The fraction of sp³-hybridized carbons (Fsp3) is 0.211. The molecule has 3 aromatic rings. The van der Waals surface area contributed by atoms with E-state index in [1.54, 1.807) is 12.1 Å². The van der Waals surface area contributed by atoms with Gasteiger partial charge in [0.25, 0.3) is 11.5 Å². The molecule has 3 rings (SSSR count). The van der Waals surface area contributed by atoms with E-state index < -0.39 is 29.4 Å². The largest absolute Gasteiger partial charge is 0.481 e. The van der Waals surface area contributed by atoms with Gasteiger partial charge in [0.2, 0.25) is 5.95 Å². The number of nitrogens with two attached hydrogens (primary N) is 1. The number of fused-ring (bicyclic) bond motifs is 1. The molecule has 174 valence electrons. The lowest BCUT2D eigenvalue weighted by atomic mass is 10.1. The summed E-state index contributed by atoms with van der Waals surface area (Å²) in [6.45, 7) is 0.231. The zero-order valence-electron chi connectivity index (χ0n) is 17.2. The molecule has 14 heteroatoms. The van der Waals surface area contributed by atoms with Crippen LogP contribution in [0.5, 0.6) is 0 Å². The topological polar surface area (TPSA) is 213 Å². The average Bonchev–Trinajstić information content (AvgIpc) is 2.75. The van der Waals surface area contributed by atoms with E-state index in [1.165, 1.54) is 18.3 Å². The smallest absolute Gasteiger partial charge is 0.326 e. The molecular weight excluding hydrogens is 453 g/mol. The number of rotatable bonds is 9. The Morgan fingerprint density at radius 2 is 1.82 bits per heavy atom. The Morgan fingerprint density at radius 1 is 1.12 bits per heavy atom. The summed E-state index contributed by atoms with van der Waals surface area (Å²) in [6, 6.07) is 4.86. The van der Waals surface area contributed by atoms with Crippen molar-refractivity contribution in [3.63, 3.8) is 0 Å². The van der Waals surface area contributed by atoms with Crippen molar-refractivity contribution in [1.82, 2.24) is 25.3 Å². The monoisotopic (exact) mass is 475 g/mol. The summed E-state index contributed by atoms with van der Waals surface area (Å²) < 4.78 is 0. The summed E-state index contributed by atoms with van der Waals surface area (Å²) in [6.07, 6.45) is 0.840. The van der Waals surface area contributed by atoms with Crippen LogP contribution >= 0.6 is 9.90 Å². The molecule has 33 heavy (non-hydrogen) atoms. The highest BCUT2D eigenvalue weighted by Gasteiger charge is 2.21. The molecule has 2 heterocycles. The van der Waals surface area contributed by atoms with Crippen molar-refractivity contribution in [3.05, 3.63) is 52.1 Å². The van der Waals surface area contributed by atoms with Crippen LogP contribution < -0.4 is 21.9 Å². The van der Waals surface area contributed by atoms with Crippen molar-refractivity contribution in [2.24, 2.45) is 0 Å². The molecule has 13 nitrogen and oxygen atoms in total. The molecule has 2 atom stereocenters. The van der Waals surface area contributed by atoms with E-state index >= 15 is 0 Å². The van der Waals surface area contributed by atoms with E-state index in [4.69, 9.17) is 15.9 Å². The minimum absolute atomic E-state index is 0. The van der Waals surface area contributed by atoms with Crippen LogP contribution in [0, 0.1) is 0 Å². The lowest BCUT2D eigenvalue weighted by molar-refractivity contribution is -0.140. The van der Waals surface area contributed by atoms with Gasteiger partial charge in [-0.1, -0.05) is 0 Å². The first kappa shape index (κ1) is 25.1. The molecule has 0 fully saturated rings. The van der Waals surface area contributed by atoms with Crippen LogP contribution in [-0.2, 0) is 16.1 Å². The molecule has 1 amide bonds. The van der Waals surface area contributed by atoms with Gasteiger partial charge >= 0.3 is 11.9 Å². The maximum absolute atomic E-state index is 12.3. The molecule has 0 aliphatic heterocycles. The molecule has 0 spiro atoms. The van der Waals surface area contributed by atoms with Crippen LogP contribution in [-0.4, -0.2) is 54.0 Å². The molecule has 0 aliphatic rings. The predicted molar refractivity (Wildman–Crippen MR) is 123 cm³/mol. The Bertz CT molecular complexity index is 1230. The second kappa shape index (κ2) is 11.0. The van der Waals surface area contributed by atoms with E-state index in [2.05, 4.69) is 30.6 Å². The molecule has 0 aliphatic carbocycles. The zero-order chi connectivity index (χ0) is 23.3. The number of aromatic nitrogens is 4. The van der Waals surface area contributed by atoms with Crippen molar-refractivity contribution in [2.75, 3.05) is 11.1 Å². The average molecular weight is 475 g/mol. The standard InChI is InChI=1S/C19H19N7O6.H3P/c20-19-25-15-14(17(30)26-19)23-11(8-22-15)7-21-10-3-1-9(2-4-10)16(29)24-12(18(31)32)5-6-13(27)28;/h1-4,8,12,21H,5-7H2,(H,24,29)(H,27,28)(H,31,32)(H3,20,22,25,26,30);1H3/t12-;/m0./s1. The SMILES string of the molecule is Nc1nc2ncc(CNc3ccc(C(=O)N[C@@H](CCC(=O)O)C(=O)O)cc3)nc2c(=O)[nH]1.P. The first-order valence-electron chi connectivity index (χ1n) is 9.33. The Balaban J connectivity index is 0.00000385. The van der Waals surface area contributed by atoms with Gasteiger partial charge in [0.05, 0.1) is 18.4 Å². The summed E-state index contributed by atoms with van der Waals surface area (Å²) >= 11 is 0. The van der Waals surface area contributed by atoms with Gasteiger partial charge in [-0.3, -0.25) is 19.4 Å². The van der Waals surface area contributed by atoms with Gasteiger partial charge in [0.1, 0.15) is 6.04 Å². The lowest BCUT2D eigenvalue weighted by Gasteiger charge is -2.14. The lowest BCUT2D eigenvalue weighted by Crippen LogP contribution is -2.41. The number of anilines is 2. The third-order valence-electron chi connectivity index (χ3n) is 4.36. The summed E-state index contributed by atoms with van der Waals surface area (Å²) in [5.74, 6) is -3.16. The number of carboxylic acid groups (broad SMARTS) is 2. The fourth-order valence-corrected chi connectivity index (χ4v) is 2.75. The molecule has 1 aromatic carbocycles. The second-order valence-corrected chi connectivity index (χ2v) is 6.71. The minimum Gasteiger partial charge on any atom is -0.481 e. The second-order valence-electron chi connectivity index (χ2n) is 6.71. The number of aromatic amines is 1. The number of carbonyl (C=O) groups is 3. The van der Waals surface area contributed by atoms with Crippen LogP contribution in [0.4, 0.5) is 11.6 Å². The summed E-state index contributed by atoms with van der Waals surface area (Å²) in [4.78, 5) is 60.6. The van der Waals surface area contributed by atoms with Gasteiger partial charge in [0.15, 0.2) is 11.2 Å². The van der Waals surface area contributed by atoms with Crippen LogP contribution in [0.15, 0.2) is 35.3 Å². The van der Waals surface area contributed by atoms with E-state index in [0.29, 0.717) is 11.4 Å². The maximum atomic E-state index is 12.3. The summed E-state index contributed by atoms with van der Waals surface area (Å²) in [5, 5.41) is 23.2. The third-order valence-corrected chi connectivity index (χ3v) is 4.36. The quantitative estimate of drug-likeness (QED) is 0.227. The van der Waals surface area contributed by atoms with Crippen molar-refractivity contribution < 1.29 is 24.6 Å². The van der Waals surface area contributed by atoms with E-state index in [-0.39, 0.29) is 52.0 Å². The van der Waals surface area contributed by atoms with Crippen LogP contribution in [0.2, 0.25) is 0 Å². The van der Waals surface area contributed by atoms with Crippen molar-refractivity contribution in [2.45, 2.75) is 25.4 Å². The minimum atomic E-state index is -1.31. The van der Waals surface area contributed by atoms with Gasteiger partial charge in [-0.2, -0.15) is 14.9 Å². The first-order valence-corrected chi connectivity index (χ1v) is 9.33. The Morgan fingerprint density at radius 3 is 2.45 bits per heavy atom. The highest BCUT2D eigenvalue weighted by molar-refractivity contribution is 6.92. The zero-order valence-corrected chi connectivity index (χ0v) is 18.7. The van der Waals surface area contributed by atoms with Gasteiger partial charge < -0.3 is 26.6 Å². The number of carbonyl (C=O) groups excluding carboxylic acids is 1. The van der Waals surface area contributed by atoms with Crippen molar-refractivity contribution in [1.29, 1.82) is 0 Å². The van der Waals surface area contributed by atoms with Crippen LogP contribution in [0.25, 0.3) is 11.2 Å². The van der Waals surface area contributed by atoms with Gasteiger partial charge in [-0.25, -0.2) is 14.8 Å². The molecule has 0 saturated carbocycles. The van der Waals surface area contributed by atoms with Gasteiger partial charge in [-0.15, -0.1) is 0 Å². The van der Waals surface area contributed by atoms with E-state index in [0.717, 1.165) is 0 Å². The number of aliphatic carboxylic acids is 2. The maximum Gasteiger partial charge on any atom is 0.326 e. The Hall–Kier alpha value is -4.12. The van der Waals surface area contributed by atoms with Crippen LogP contribution in [0.3, 0.4) is 0 Å². The number of amides is 1. The molecule has 0 radical (unpaired) electrons. The van der Waals surface area contributed by atoms with Crippen LogP contribution in [0.1, 0.15) is 28.9 Å². The fourth-order valence-electron chi connectivity index (χ4n) is 2.75.